The Morgan fingerprint density at radius 1 is 1.00 bits per heavy atom. The Balaban J connectivity index is 2.88. The van der Waals surface area contributed by atoms with E-state index in [1.807, 2.05) is 0 Å². The maximum atomic E-state index is 11.7. The molecule has 1 aliphatic carbocycles. The zero-order chi connectivity index (χ0) is 12.7. The Morgan fingerprint density at radius 2 is 1.59 bits per heavy atom. The molecular weight excluding hydrogens is 220 g/mol. The lowest BCUT2D eigenvalue weighted by Crippen LogP contribution is -2.13. The summed E-state index contributed by atoms with van der Waals surface area (Å²) >= 11 is 0. The lowest BCUT2D eigenvalue weighted by Gasteiger charge is -2.11. The monoisotopic (exact) mass is 240 g/mol. The number of carbonyl (C=O) groups excluding carboxylic acids is 2. The van der Waals surface area contributed by atoms with E-state index in [2.05, 4.69) is 4.74 Å². The second-order valence-corrected chi connectivity index (χ2v) is 4.24. The SMILES string of the molecule is COC(=O)CC(C(=O)OC)=C1CCCCCC1. The summed E-state index contributed by atoms with van der Waals surface area (Å²) in [5.74, 6) is -0.783. The van der Waals surface area contributed by atoms with Crippen molar-refractivity contribution in [1.82, 2.24) is 0 Å². The molecular formula is C13H20O4. The Labute approximate surface area is 102 Å². The van der Waals surface area contributed by atoms with Crippen molar-refractivity contribution in [1.29, 1.82) is 0 Å². The van der Waals surface area contributed by atoms with Crippen molar-refractivity contribution in [3.8, 4) is 0 Å². The molecule has 1 fully saturated rings. The zero-order valence-corrected chi connectivity index (χ0v) is 10.6. The maximum Gasteiger partial charge on any atom is 0.334 e. The molecule has 96 valence electrons. The maximum absolute atomic E-state index is 11.7. The van der Waals surface area contributed by atoms with E-state index in [0.717, 1.165) is 31.3 Å². The third-order valence-electron chi connectivity index (χ3n) is 3.11. The van der Waals surface area contributed by atoms with E-state index in [1.165, 1.54) is 27.1 Å². The normalized spacial score (nSPS) is 16.0. The van der Waals surface area contributed by atoms with Crippen LogP contribution in [-0.2, 0) is 19.1 Å². The number of hydrogen-bond donors (Lipinski definition) is 0. The Morgan fingerprint density at radius 3 is 2.06 bits per heavy atom. The molecule has 17 heavy (non-hydrogen) atoms. The van der Waals surface area contributed by atoms with Crippen molar-refractivity contribution >= 4 is 11.9 Å². The average molecular weight is 240 g/mol. The molecule has 0 aliphatic heterocycles. The minimum atomic E-state index is -0.396. The third kappa shape index (κ3) is 4.21. The van der Waals surface area contributed by atoms with Gasteiger partial charge in [0.05, 0.1) is 20.6 Å². The van der Waals surface area contributed by atoms with Crippen LogP contribution in [0.25, 0.3) is 0 Å². The van der Waals surface area contributed by atoms with E-state index in [0.29, 0.717) is 5.57 Å². The first kappa shape index (κ1) is 13.7. The van der Waals surface area contributed by atoms with Crippen molar-refractivity contribution in [2.75, 3.05) is 14.2 Å². The first-order valence-corrected chi connectivity index (χ1v) is 6.05. The van der Waals surface area contributed by atoms with E-state index in [4.69, 9.17) is 4.74 Å². The number of hydrogen-bond acceptors (Lipinski definition) is 4. The summed E-state index contributed by atoms with van der Waals surface area (Å²) in [6.45, 7) is 0. The van der Waals surface area contributed by atoms with E-state index in [9.17, 15) is 9.59 Å². The molecule has 1 rings (SSSR count). The summed E-state index contributed by atoms with van der Waals surface area (Å²) in [6.07, 6.45) is 6.35. The number of ether oxygens (including phenoxy) is 2. The zero-order valence-electron chi connectivity index (χ0n) is 10.6. The van der Waals surface area contributed by atoms with Gasteiger partial charge in [0.15, 0.2) is 0 Å². The summed E-state index contributed by atoms with van der Waals surface area (Å²) in [5, 5.41) is 0. The molecule has 1 saturated carbocycles. The van der Waals surface area contributed by atoms with Crippen LogP contribution in [0.3, 0.4) is 0 Å². The van der Waals surface area contributed by atoms with Gasteiger partial charge in [0.2, 0.25) is 0 Å². The fraction of sp³-hybridized carbons (Fsp3) is 0.692. The predicted molar refractivity (Wildman–Crippen MR) is 63.4 cm³/mol. The molecule has 0 saturated heterocycles. The van der Waals surface area contributed by atoms with Crippen LogP contribution in [0.15, 0.2) is 11.1 Å². The fourth-order valence-corrected chi connectivity index (χ4v) is 2.14. The smallest absolute Gasteiger partial charge is 0.334 e. The van der Waals surface area contributed by atoms with Crippen molar-refractivity contribution in [3.05, 3.63) is 11.1 Å². The van der Waals surface area contributed by atoms with Crippen molar-refractivity contribution in [2.24, 2.45) is 0 Å². The fourth-order valence-electron chi connectivity index (χ4n) is 2.14. The number of allylic oxidation sites excluding steroid dienone is 1. The Bertz CT molecular complexity index is 307. The van der Waals surface area contributed by atoms with E-state index in [-0.39, 0.29) is 12.4 Å². The Hall–Kier alpha value is -1.32. The standard InChI is InChI=1S/C13H20O4/c1-16-12(14)9-11(13(15)17-2)10-7-5-3-4-6-8-10/h3-9H2,1-2H3. The largest absolute Gasteiger partial charge is 0.469 e. The first-order valence-electron chi connectivity index (χ1n) is 6.05. The van der Waals surface area contributed by atoms with Gasteiger partial charge in [-0.2, -0.15) is 0 Å². The van der Waals surface area contributed by atoms with Crippen LogP contribution in [-0.4, -0.2) is 26.2 Å². The second-order valence-electron chi connectivity index (χ2n) is 4.24. The molecule has 0 aromatic heterocycles. The number of rotatable bonds is 3. The minimum absolute atomic E-state index is 0.0263. The molecule has 0 amide bonds. The summed E-state index contributed by atoms with van der Waals surface area (Å²) in [5.41, 5.74) is 1.57. The van der Waals surface area contributed by atoms with Gasteiger partial charge in [0.1, 0.15) is 0 Å². The topological polar surface area (TPSA) is 52.6 Å². The van der Waals surface area contributed by atoms with Gasteiger partial charge >= 0.3 is 11.9 Å². The van der Waals surface area contributed by atoms with Gasteiger partial charge in [-0.3, -0.25) is 4.79 Å². The highest BCUT2D eigenvalue weighted by molar-refractivity contribution is 5.94. The molecule has 0 N–H and O–H groups in total. The van der Waals surface area contributed by atoms with Crippen LogP contribution in [0.5, 0.6) is 0 Å². The average Bonchev–Trinajstić information content (AvgIpc) is 2.63. The van der Waals surface area contributed by atoms with Crippen molar-refractivity contribution < 1.29 is 19.1 Å². The lowest BCUT2D eigenvalue weighted by atomic mass is 9.98. The van der Waals surface area contributed by atoms with Gasteiger partial charge in [0, 0.05) is 5.57 Å². The molecule has 0 aromatic rings. The first-order chi connectivity index (χ1) is 8.19. The Kier molecular flexibility index (Phi) is 5.73. The highest BCUT2D eigenvalue weighted by Gasteiger charge is 2.20. The van der Waals surface area contributed by atoms with Crippen molar-refractivity contribution in [2.45, 2.75) is 44.9 Å². The summed E-state index contributed by atoms with van der Waals surface area (Å²) in [4.78, 5) is 23.0. The third-order valence-corrected chi connectivity index (χ3v) is 3.11. The molecule has 0 spiro atoms. The molecule has 0 heterocycles. The quantitative estimate of drug-likeness (QED) is 0.432. The summed E-state index contributed by atoms with van der Waals surface area (Å²) in [7, 11) is 2.67. The molecule has 0 aromatic carbocycles. The number of esters is 2. The van der Waals surface area contributed by atoms with Gasteiger partial charge in [-0.25, -0.2) is 4.79 Å². The summed E-state index contributed by atoms with van der Waals surface area (Å²) in [6, 6.07) is 0. The highest BCUT2D eigenvalue weighted by atomic mass is 16.5. The van der Waals surface area contributed by atoms with Crippen LogP contribution in [0.1, 0.15) is 44.9 Å². The second kappa shape index (κ2) is 7.09. The lowest BCUT2D eigenvalue weighted by molar-refractivity contribution is -0.143. The molecule has 0 unspecified atom stereocenters. The van der Waals surface area contributed by atoms with E-state index >= 15 is 0 Å². The number of carbonyl (C=O) groups is 2. The minimum Gasteiger partial charge on any atom is -0.469 e. The van der Waals surface area contributed by atoms with Gasteiger partial charge in [-0.05, 0) is 25.7 Å². The number of methoxy groups -OCH3 is 2. The van der Waals surface area contributed by atoms with Crippen LogP contribution in [0.4, 0.5) is 0 Å². The van der Waals surface area contributed by atoms with Gasteiger partial charge in [0.25, 0.3) is 0 Å². The highest BCUT2D eigenvalue weighted by Crippen LogP contribution is 2.27. The molecule has 4 nitrogen and oxygen atoms in total. The molecule has 4 heteroatoms. The van der Waals surface area contributed by atoms with Gasteiger partial charge in [-0.1, -0.05) is 18.4 Å². The van der Waals surface area contributed by atoms with E-state index in [1.54, 1.807) is 0 Å². The van der Waals surface area contributed by atoms with Crippen LogP contribution < -0.4 is 0 Å². The molecule has 0 bridgehead atoms. The molecule has 0 radical (unpaired) electrons. The van der Waals surface area contributed by atoms with Crippen LogP contribution >= 0.6 is 0 Å². The summed E-state index contributed by atoms with van der Waals surface area (Å²) < 4.78 is 9.36. The van der Waals surface area contributed by atoms with Crippen LogP contribution in [0, 0.1) is 0 Å². The van der Waals surface area contributed by atoms with Crippen molar-refractivity contribution in [3.63, 3.8) is 0 Å². The van der Waals surface area contributed by atoms with Crippen LogP contribution in [0.2, 0.25) is 0 Å². The molecule has 0 atom stereocenters. The molecule has 1 aliphatic rings. The van der Waals surface area contributed by atoms with Gasteiger partial charge in [-0.15, -0.1) is 0 Å². The van der Waals surface area contributed by atoms with E-state index < -0.39 is 5.97 Å². The predicted octanol–water partition coefficient (Wildman–Crippen LogP) is 2.37. The van der Waals surface area contributed by atoms with Gasteiger partial charge < -0.3 is 9.47 Å².